The van der Waals surface area contributed by atoms with E-state index in [1.54, 1.807) is 19.1 Å². The van der Waals surface area contributed by atoms with Gasteiger partial charge in [-0.25, -0.2) is 13.1 Å². The molecule has 2 N–H and O–H groups in total. The van der Waals surface area contributed by atoms with Crippen molar-refractivity contribution >= 4 is 27.6 Å². The number of H-pyrrole nitrogens is 1. The molecule has 1 aromatic carbocycles. The van der Waals surface area contributed by atoms with Gasteiger partial charge in [0.2, 0.25) is 0 Å². The Bertz CT molecular complexity index is 638. The second-order valence-corrected chi connectivity index (χ2v) is 5.34. The summed E-state index contributed by atoms with van der Waals surface area (Å²) in [5.74, 6) is 0.504. The molecule has 8 heteroatoms. The summed E-state index contributed by atoms with van der Waals surface area (Å²) in [6.07, 6.45) is 0. The van der Waals surface area contributed by atoms with E-state index in [4.69, 9.17) is 11.6 Å². The van der Waals surface area contributed by atoms with Crippen LogP contribution in [0.2, 0.25) is 5.02 Å². The van der Waals surface area contributed by atoms with E-state index in [0.29, 0.717) is 5.82 Å². The minimum absolute atomic E-state index is 0.0101. The van der Waals surface area contributed by atoms with Gasteiger partial charge in [0.05, 0.1) is 5.02 Å². The van der Waals surface area contributed by atoms with E-state index in [1.165, 1.54) is 12.1 Å². The molecule has 2 aromatic rings. The lowest BCUT2D eigenvalue weighted by molar-refractivity contribution is 0.601. The maximum atomic E-state index is 11.9. The molecule has 0 radical (unpaired) electrons. The molecule has 90 valence electrons. The fourth-order valence-electron chi connectivity index (χ4n) is 1.23. The molecule has 1 aromatic heterocycles. The predicted octanol–water partition coefficient (Wildman–Crippen LogP) is 1.57. The third-order valence-electron chi connectivity index (χ3n) is 1.95. The van der Waals surface area contributed by atoms with E-state index >= 15 is 0 Å². The SMILES string of the molecule is Cc1nc(NS(=O)(=O)c2ccccc2Cl)n[nH]1. The average molecular weight is 273 g/mol. The highest BCUT2D eigenvalue weighted by atomic mass is 35.5. The molecule has 0 fully saturated rings. The van der Waals surface area contributed by atoms with Crippen LogP contribution in [0.15, 0.2) is 29.2 Å². The number of hydrogen-bond acceptors (Lipinski definition) is 4. The lowest BCUT2D eigenvalue weighted by Gasteiger charge is -2.05. The van der Waals surface area contributed by atoms with Gasteiger partial charge in [-0.15, -0.1) is 5.10 Å². The number of halogens is 1. The zero-order valence-electron chi connectivity index (χ0n) is 8.81. The number of aromatic amines is 1. The predicted molar refractivity (Wildman–Crippen MR) is 63.4 cm³/mol. The first kappa shape index (κ1) is 11.9. The first-order chi connectivity index (χ1) is 7.99. The summed E-state index contributed by atoms with van der Waals surface area (Å²) in [4.78, 5) is 3.84. The van der Waals surface area contributed by atoms with Crippen LogP contribution in [-0.2, 0) is 10.0 Å². The molecule has 0 aliphatic rings. The van der Waals surface area contributed by atoms with Crippen molar-refractivity contribution in [3.8, 4) is 0 Å². The molecule has 17 heavy (non-hydrogen) atoms. The number of hydrogen-bond donors (Lipinski definition) is 2. The summed E-state index contributed by atoms with van der Waals surface area (Å²) in [6.45, 7) is 1.67. The zero-order valence-corrected chi connectivity index (χ0v) is 10.4. The molecule has 2 rings (SSSR count). The maximum absolute atomic E-state index is 11.9. The van der Waals surface area contributed by atoms with Gasteiger partial charge in [-0.3, -0.25) is 5.10 Å². The van der Waals surface area contributed by atoms with Gasteiger partial charge in [-0.05, 0) is 19.1 Å². The Hall–Kier alpha value is -1.60. The van der Waals surface area contributed by atoms with E-state index in [9.17, 15) is 8.42 Å². The van der Waals surface area contributed by atoms with Crippen LogP contribution in [0.1, 0.15) is 5.82 Å². The topological polar surface area (TPSA) is 87.7 Å². The molecule has 0 bridgehead atoms. The molecule has 6 nitrogen and oxygen atoms in total. The molecular weight excluding hydrogens is 264 g/mol. The monoisotopic (exact) mass is 272 g/mol. The van der Waals surface area contributed by atoms with E-state index in [-0.39, 0.29) is 15.9 Å². The van der Waals surface area contributed by atoms with Crippen LogP contribution >= 0.6 is 11.6 Å². The first-order valence-corrected chi connectivity index (χ1v) is 6.51. The molecule has 0 saturated carbocycles. The third kappa shape index (κ3) is 2.56. The van der Waals surface area contributed by atoms with E-state index in [1.807, 2.05) is 0 Å². The summed E-state index contributed by atoms with van der Waals surface area (Å²) in [6, 6.07) is 6.14. The van der Waals surface area contributed by atoms with Gasteiger partial charge >= 0.3 is 0 Å². The number of aryl methyl sites for hydroxylation is 1. The Balaban J connectivity index is 2.35. The second kappa shape index (κ2) is 4.34. The fourth-order valence-corrected chi connectivity index (χ4v) is 2.69. The van der Waals surface area contributed by atoms with E-state index in [2.05, 4.69) is 19.9 Å². The largest absolute Gasteiger partial charge is 0.265 e. The second-order valence-electron chi connectivity index (χ2n) is 3.28. The molecule has 0 atom stereocenters. The van der Waals surface area contributed by atoms with Crippen LogP contribution in [-0.4, -0.2) is 23.6 Å². The standard InChI is InChI=1S/C9H9ClN4O2S/c1-6-11-9(13-12-6)14-17(15,16)8-5-3-2-4-7(8)10/h2-5H,1H3,(H2,11,12,13,14). The molecular formula is C9H9ClN4O2S. The highest BCUT2D eigenvalue weighted by molar-refractivity contribution is 7.92. The van der Waals surface area contributed by atoms with Crippen LogP contribution in [0.4, 0.5) is 5.95 Å². The van der Waals surface area contributed by atoms with Crippen LogP contribution in [0.5, 0.6) is 0 Å². The maximum Gasteiger partial charge on any atom is 0.265 e. The van der Waals surface area contributed by atoms with E-state index < -0.39 is 10.0 Å². The number of benzene rings is 1. The van der Waals surface area contributed by atoms with Crippen LogP contribution in [0.25, 0.3) is 0 Å². The summed E-state index contributed by atoms with van der Waals surface area (Å²) < 4.78 is 26.1. The Morgan fingerprint density at radius 3 is 2.65 bits per heavy atom. The summed E-state index contributed by atoms with van der Waals surface area (Å²) >= 11 is 5.81. The highest BCUT2D eigenvalue weighted by Gasteiger charge is 2.19. The van der Waals surface area contributed by atoms with Gasteiger partial charge in [-0.2, -0.15) is 4.98 Å². The van der Waals surface area contributed by atoms with Crippen molar-refractivity contribution in [3.05, 3.63) is 35.1 Å². The smallest absolute Gasteiger partial charge is 0.261 e. The van der Waals surface area contributed by atoms with Crippen molar-refractivity contribution in [2.75, 3.05) is 4.72 Å². The van der Waals surface area contributed by atoms with Gasteiger partial charge in [0.25, 0.3) is 16.0 Å². The molecule has 0 spiro atoms. The Labute approximate surface area is 103 Å². The van der Waals surface area contributed by atoms with Crippen molar-refractivity contribution in [3.63, 3.8) is 0 Å². The quantitative estimate of drug-likeness (QED) is 0.888. The number of nitrogens with zero attached hydrogens (tertiary/aromatic N) is 2. The number of rotatable bonds is 3. The van der Waals surface area contributed by atoms with Crippen molar-refractivity contribution in [1.82, 2.24) is 15.2 Å². The highest BCUT2D eigenvalue weighted by Crippen LogP contribution is 2.21. The van der Waals surface area contributed by atoms with Crippen molar-refractivity contribution in [1.29, 1.82) is 0 Å². The Kier molecular flexibility index (Phi) is 3.03. The first-order valence-electron chi connectivity index (χ1n) is 4.65. The third-order valence-corrected chi connectivity index (χ3v) is 3.78. The minimum atomic E-state index is -3.76. The summed E-state index contributed by atoms with van der Waals surface area (Å²) in [5, 5.41) is 6.37. The van der Waals surface area contributed by atoms with Crippen LogP contribution in [0, 0.1) is 6.92 Å². The molecule has 0 amide bonds. The van der Waals surface area contributed by atoms with Gasteiger partial charge in [0.15, 0.2) is 0 Å². The average Bonchev–Trinajstić information content (AvgIpc) is 2.63. The van der Waals surface area contributed by atoms with Gasteiger partial charge in [0, 0.05) is 0 Å². The van der Waals surface area contributed by atoms with Gasteiger partial charge in [-0.1, -0.05) is 23.7 Å². The molecule has 0 saturated heterocycles. The molecule has 0 aliphatic carbocycles. The lowest BCUT2D eigenvalue weighted by atomic mass is 10.4. The van der Waals surface area contributed by atoms with E-state index in [0.717, 1.165) is 0 Å². The fraction of sp³-hybridized carbons (Fsp3) is 0.111. The van der Waals surface area contributed by atoms with Crippen molar-refractivity contribution in [2.45, 2.75) is 11.8 Å². The normalized spacial score (nSPS) is 11.4. The lowest BCUT2D eigenvalue weighted by Crippen LogP contribution is -2.14. The molecule has 1 heterocycles. The molecule has 0 aliphatic heterocycles. The minimum Gasteiger partial charge on any atom is -0.261 e. The number of aromatic nitrogens is 3. The number of anilines is 1. The van der Waals surface area contributed by atoms with Gasteiger partial charge < -0.3 is 0 Å². The van der Waals surface area contributed by atoms with Crippen LogP contribution in [0.3, 0.4) is 0 Å². The number of nitrogens with one attached hydrogen (secondary N) is 2. The summed E-state index contributed by atoms with van der Waals surface area (Å²) in [5.41, 5.74) is 0. The van der Waals surface area contributed by atoms with Crippen LogP contribution < -0.4 is 4.72 Å². The summed E-state index contributed by atoms with van der Waals surface area (Å²) in [7, 11) is -3.76. The zero-order chi connectivity index (χ0) is 12.5. The molecule has 0 unspecified atom stereocenters. The van der Waals surface area contributed by atoms with Gasteiger partial charge in [0.1, 0.15) is 10.7 Å². The Morgan fingerprint density at radius 2 is 2.06 bits per heavy atom. The van der Waals surface area contributed by atoms with Crippen molar-refractivity contribution in [2.24, 2.45) is 0 Å². The Morgan fingerprint density at radius 1 is 1.35 bits per heavy atom. The van der Waals surface area contributed by atoms with Crippen molar-refractivity contribution < 1.29 is 8.42 Å². The number of sulfonamides is 1.